The van der Waals surface area contributed by atoms with Gasteiger partial charge in [-0.25, -0.2) is 4.39 Å². The molecule has 0 fully saturated rings. The van der Waals surface area contributed by atoms with Gasteiger partial charge in [-0.15, -0.1) is 0 Å². The van der Waals surface area contributed by atoms with Crippen LogP contribution in [0.1, 0.15) is 35.3 Å². The number of rotatable bonds is 7. The molecule has 0 spiro atoms. The molecule has 0 amide bonds. The molecule has 5 nitrogen and oxygen atoms in total. The average molecular weight is 386 g/mol. The third kappa shape index (κ3) is 4.71. The number of ether oxygens (including phenoxy) is 2. The number of carbonyl (C=O) groups excluding carboxylic acids is 1. The van der Waals surface area contributed by atoms with E-state index in [2.05, 4.69) is 0 Å². The highest BCUT2D eigenvalue weighted by Crippen LogP contribution is 2.39. The Balaban J connectivity index is 2.43. The summed E-state index contributed by atoms with van der Waals surface area (Å²) in [4.78, 5) is 12.7. The van der Waals surface area contributed by atoms with E-state index in [1.54, 1.807) is 6.07 Å². The number of ketones is 1. The van der Waals surface area contributed by atoms with Crippen molar-refractivity contribution in [2.24, 2.45) is 0 Å². The number of hydrogen-bond donors (Lipinski definition) is 2. The van der Waals surface area contributed by atoms with Crippen molar-refractivity contribution in [3.05, 3.63) is 64.5 Å². The summed E-state index contributed by atoms with van der Waals surface area (Å²) in [5, 5.41) is 20.7. The summed E-state index contributed by atoms with van der Waals surface area (Å²) < 4.78 is 24.1. The first-order chi connectivity index (χ1) is 13.3. The first-order valence-corrected chi connectivity index (χ1v) is 8.59. The predicted molar refractivity (Wildman–Crippen MR) is 106 cm³/mol. The predicted octanol–water partition coefficient (Wildman–Crippen LogP) is 4.66. The van der Waals surface area contributed by atoms with Gasteiger partial charge in [0.25, 0.3) is 0 Å². The average Bonchev–Trinajstić information content (AvgIpc) is 2.65. The number of aromatic hydroxyl groups is 2. The molecule has 2 aromatic carbocycles. The second-order valence-electron chi connectivity index (χ2n) is 6.37. The molecule has 2 aromatic rings. The van der Waals surface area contributed by atoms with E-state index in [0.717, 1.165) is 11.6 Å². The lowest BCUT2D eigenvalue weighted by Crippen LogP contribution is -2.02. The maximum atomic E-state index is 14.1. The fourth-order valence-electron chi connectivity index (χ4n) is 2.60. The van der Waals surface area contributed by atoms with Gasteiger partial charge in [0.2, 0.25) is 0 Å². The van der Waals surface area contributed by atoms with Crippen LogP contribution in [0.2, 0.25) is 0 Å². The Morgan fingerprint density at radius 3 is 2.43 bits per heavy atom. The molecule has 0 aromatic heterocycles. The highest BCUT2D eigenvalue weighted by Gasteiger charge is 2.22. The summed E-state index contributed by atoms with van der Waals surface area (Å²) in [5.41, 5.74) is 1.31. The van der Waals surface area contributed by atoms with Crippen LogP contribution in [0.25, 0.3) is 6.08 Å². The molecule has 2 N–H and O–H groups in total. The molecule has 6 heteroatoms. The summed E-state index contributed by atoms with van der Waals surface area (Å²) in [6, 6.07) is 5.54. The summed E-state index contributed by atoms with van der Waals surface area (Å²) >= 11 is 0. The van der Waals surface area contributed by atoms with Gasteiger partial charge in [-0.3, -0.25) is 4.79 Å². The van der Waals surface area contributed by atoms with Crippen LogP contribution in [0.5, 0.6) is 23.0 Å². The second-order valence-corrected chi connectivity index (χ2v) is 6.37. The highest BCUT2D eigenvalue weighted by atomic mass is 19.1. The van der Waals surface area contributed by atoms with Crippen molar-refractivity contribution in [3.8, 4) is 23.0 Å². The minimum Gasteiger partial charge on any atom is -0.507 e. The Labute approximate surface area is 163 Å². The van der Waals surface area contributed by atoms with Gasteiger partial charge in [0.1, 0.15) is 34.4 Å². The summed E-state index contributed by atoms with van der Waals surface area (Å²) in [6.45, 7) is 3.77. The van der Waals surface area contributed by atoms with Crippen LogP contribution in [-0.2, 0) is 6.42 Å². The number of benzene rings is 2. The number of phenolic OH excluding ortho intramolecular Hbond substituents is 2. The highest BCUT2D eigenvalue weighted by molar-refractivity contribution is 6.11. The first kappa shape index (κ1) is 21.0. The largest absolute Gasteiger partial charge is 0.507 e. The Hall–Kier alpha value is -3.28. The molecule has 0 aliphatic carbocycles. The SMILES string of the molecule is COc1ccc(C=CC(=O)c2c(OC)cc(O)c(CC=C(C)C)c2O)c(F)c1. The van der Waals surface area contributed by atoms with Crippen molar-refractivity contribution in [3.63, 3.8) is 0 Å². The van der Waals surface area contributed by atoms with Gasteiger partial charge in [-0.1, -0.05) is 11.6 Å². The molecule has 2 rings (SSSR count). The summed E-state index contributed by atoms with van der Waals surface area (Å²) in [7, 11) is 2.76. The van der Waals surface area contributed by atoms with Crippen molar-refractivity contribution in [1.82, 2.24) is 0 Å². The van der Waals surface area contributed by atoms with E-state index in [0.29, 0.717) is 5.75 Å². The number of methoxy groups -OCH3 is 2. The molecule has 0 saturated carbocycles. The first-order valence-electron chi connectivity index (χ1n) is 8.59. The minimum absolute atomic E-state index is 0.0285. The van der Waals surface area contributed by atoms with Crippen molar-refractivity contribution >= 4 is 11.9 Å². The van der Waals surface area contributed by atoms with Crippen LogP contribution >= 0.6 is 0 Å². The number of hydrogen-bond acceptors (Lipinski definition) is 5. The number of allylic oxidation sites excluding steroid dienone is 3. The van der Waals surface area contributed by atoms with E-state index in [-0.39, 0.29) is 40.4 Å². The van der Waals surface area contributed by atoms with Crippen molar-refractivity contribution < 1.29 is 28.9 Å². The van der Waals surface area contributed by atoms with Gasteiger partial charge in [0.15, 0.2) is 5.78 Å². The standard InChI is InChI=1S/C22H23FO5/c1-13(2)5-9-16-19(25)12-20(28-4)21(22(16)26)18(24)10-7-14-6-8-15(27-3)11-17(14)23/h5-8,10-12,25-26H,9H2,1-4H3. The molecule has 0 aliphatic rings. The topological polar surface area (TPSA) is 76.0 Å². The van der Waals surface area contributed by atoms with Crippen LogP contribution in [0, 0.1) is 5.82 Å². The lowest BCUT2D eigenvalue weighted by Gasteiger charge is -2.13. The zero-order chi connectivity index (χ0) is 20.8. The van der Waals surface area contributed by atoms with Gasteiger partial charge < -0.3 is 19.7 Å². The van der Waals surface area contributed by atoms with E-state index >= 15 is 0 Å². The number of halogens is 1. The van der Waals surface area contributed by atoms with Crippen LogP contribution < -0.4 is 9.47 Å². The van der Waals surface area contributed by atoms with Crippen LogP contribution in [0.15, 0.2) is 42.0 Å². The molecular weight excluding hydrogens is 363 g/mol. The molecule has 0 radical (unpaired) electrons. The lowest BCUT2D eigenvalue weighted by molar-refractivity contribution is 0.104. The van der Waals surface area contributed by atoms with Gasteiger partial charge in [-0.05, 0) is 44.6 Å². The number of phenols is 2. The fraction of sp³-hybridized carbons (Fsp3) is 0.227. The summed E-state index contributed by atoms with van der Waals surface area (Å²) in [6.07, 6.45) is 4.52. The van der Waals surface area contributed by atoms with Gasteiger partial charge >= 0.3 is 0 Å². The van der Waals surface area contributed by atoms with Gasteiger partial charge in [0, 0.05) is 23.3 Å². The normalized spacial score (nSPS) is 10.8. The van der Waals surface area contributed by atoms with E-state index < -0.39 is 11.6 Å². The van der Waals surface area contributed by atoms with Crippen molar-refractivity contribution in [2.75, 3.05) is 14.2 Å². The Kier molecular flexibility index (Phi) is 6.82. The van der Waals surface area contributed by atoms with Crippen molar-refractivity contribution in [2.45, 2.75) is 20.3 Å². The van der Waals surface area contributed by atoms with Gasteiger partial charge in [-0.2, -0.15) is 0 Å². The quantitative estimate of drug-likeness (QED) is 0.411. The maximum absolute atomic E-state index is 14.1. The Morgan fingerprint density at radius 2 is 1.86 bits per heavy atom. The zero-order valence-corrected chi connectivity index (χ0v) is 16.2. The molecule has 0 atom stereocenters. The molecule has 0 unspecified atom stereocenters. The van der Waals surface area contributed by atoms with E-state index in [4.69, 9.17) is 9.47 Å². The molecule has 28 heavy (non-hydrogen) atoms. The number of carbonyl (C=O) groups is 1. The lowest BCUT2D eigenvalue weighted by atomic mass is 9.99. The molecule has 0 bridgehead atoms. The third-order valence-corrected chi connectivity index (χ3v) is 4.15. The molecule has 148 valence electrons. The van der Waals surface area contributed by atoms with Crippen molar-refractivity contribution in [1.29, 1.82) is 0 Å². The summed E-state index contributed by atoms with van der Waals surface area (Å²) in [5.74, 6) is -1.27. The molecule has 0 aliphatic heterocycles. The molecule has 0 heterocycles. The van der Waals surface area contributed by atoms with Crippen LogP contribution in [0.3, 0.4) is 0 Å². The molecular formula is C22H23FO5. The van der Waals surface area contributed by atoms with E-state index in [9.17, 15) is 19.4 Å². The van der Waals surface area contributed by atoms with Gasteiger partial charge in [0.05, 0.1) is 14.2 Å². The molecule has 0 saturated heterocycles. The van der Waals surface area contributed by atoms with E-state index in [1.807, 2.05) is 19.9 Å². The maximum Gasteiger partial charge on any atom is 0.193 e. The smallest absolute Gasteiger partial charge is 0.193 e. The van der Waals surface area contributed by atoms with Crippen LogP contribution in [0.4, 0.5) is 4.39 Å². The Morgan fingerprint density at radius 1 is 1.14 bits per heavy atom. The van der Waals surface area contributed by atoms with E-state index in [1.165, 1.54) is 38.5 Å². The van der Waals surface area contributed by atoms with Crippen LogP contribution in [-0.4, -0.2) is 30.2 Å². The minimum atomic E-state index is -0.581. The zero-order valence-electron chi connectivity index (χ0n) is 16.2. The monoisotopic (exact) mass is 386 g/mol. The Bertz CT molecular complexity index is 940. The third-order valence-electron chi connectivity index (χ3n) is 4.15. The fourth-order valence-corrected chi connectivity index (χ4v) is 2.60. The second kappa shape index (κ2) is 9.08.